The molecule has 7 aromatic carbocycles. The van der Waals surface area contributed by atoms with Crippen LogP contribution in [0.4, 0.5) is 0 Å². The van der Waals surface area contributed by atoms with Crippen molar-refractivity contribution >= 4 is 48.6 Å². The predicted octanol–water partition coefficient (Wildman–Crippen LogP) is 10.9. The average Bonchev–Trinajstić information content (AvgIpc) is 3.48. The van der Waals surface area contributed by atoms with Gasteiger partial charge in [-0.2, -0.15) is 5.10 Å². The molecule has 0 spiro atoms. The van der Waals surface area contributed by atoms with Crippen LogP contribution in [0.5, 0.6) is 0 Å². The van der Waals surface area contributed by atoms with E-state index >= 15 is 0 Å². The number of pyridine rings is 1. The molecular formula is C41H26N2. The van der Waals surface area contributed by atoms with Gasteiger partial charge in [-0.3, -0.25) is 0 Å². The first-order valence-electron chi connectivity index (χ1n) is 14.7. The van der Waals surface area contributed by atoms with Gasteiger partial charge in [0.15, 0.2) is 0 Å². The van der Waals surface area contributed by atoms with Crippen LogP contribution in [0.2, 0.25) is 0 Å². The molecule has 0 atom stereocenters. The molecule has 0 unspecified atom stereocenters. The number of aromatic nitrogens is 2. The van der Waals surface area contributed by atoms with E-state index in [1.54, 1.807) is 0 Å². The van der Waals surface area contributed by atoms with E-state index in [4.69, 9.17) is 5.10 Å². The van der Waals surface area contributed by atoms with Crippen molar-refractivity contribution < 1.29 is 0 Å². The van der Waals surface area contributed by atoms with E-state index in [1.165, 1.54) is 43.1 Å². The van der Waals surface area contributed by atoms with Crippen LogP contribution in [-0.2, 0) is 0 Å². The molecule has 0 aliphatic carbocycles. The van der Waals surface area contributed by atoms with Gasteiger partial charge in [0.25, 0.3) is 0 Å². The molecule has 0 saturated heterocycles. The Morgan fingerprint density at radius 1 is 0.395 bits per heavy atom. The zero-order chi connectivity index (χ0) is 28.3. The number of fused-ring (bicyclic) bond motifs is 7. The first kappa shape index (κ1) is 23.9. The van der Waals surface area contributed by atoms with Crippen molar-refractivity contribution in [3.05, 3.63) is 158 Å². The van der Waals surface area contributed by atoms with Crippen molar-refractivity contribution in [2.24, 2.45) is 0 Å². The second-order valence-electron chi connectivity index (χ2n) is 11.2. The minimum Gasteiger partial charge on any atom is -0.231 e. The lowest BCUT2D eigenvalue weighted by Gasteiger charge is -2.12. The molecular weight excluding hydrogens is 520 g/mol. The molecule has 2 nitrogen and oxygen atoms in total. The predicted molar refractivity (Wildman–Crippen MR) is 182 cm³/mol. The maximum atomic E-state index is 5.54. The molecule has 2 heterocycles. The fraction of sp³-hybridized carbons (Fsp3) is 0. The summed E-state index contributed by atoms with van der Waals surface area (Å²) in [6.45, 7) is 0. The maximum Gasteiger partial charge on any atom is 0.102 e. The molecule has 0 fully saturated rings. The van der Waals surface area contributed by atoms with E-state index in [9.17, 15) is 0 Å². The van der Waals surface area contributed by atoms with Crippen LogP contribution < -0.4 is 0 Å². The monoisotopic (exact) mass is 546 g/mol. The topological polar surface area (TPSA) is 17.3 Å². The van der Waals surface area contributed by atoms with Crippen molar-refractivity contribution in [2.45, 2.75) is 0 Å². The van der Waals surface area contributed by atoms with Crippen LogP contribution in [-0.4, -0.2) is 9.61 Å². The number of hydrogen-bond donors (Lipinski definition) is 0. The van der Waals surface area contributed by atoms with Crippen molar-refractivity contribution in [1.82, 2.24) is 9.61 Å². The van der Waals surface area contributed by atoms with Gasteiger partial charge in [0.2, 0.25) is 0 Å². The molecule has 0 radical (unpaired) electrons. The minimum absolute atomic E-state index is 0.991. The SMILES string of the molecule is c1ccc(-c2cc3ccccc3c3c(-c4ccc5ccccc5c4)c(-c4cc5ccccc5c5ccccc45)nn23)cc1. The molecule has 9 aromatic rings. The fourth-order valence-corrected chi connectivity index (χ4v) is 6.76. The number of benzene rings is 7. The first-order valence-corrected chi connectivity index (χ1v) is 14.7. The van der Waals surface area contributed by atoms with Gasteiger partial charge in [-0.05, 0) is 61.5 Å². The van der Waals surface area contributed by atoms with Gasteiger partial charge >= 0.3 is 0 Å². The van der Waals surface area contributed by atoms with Crippen LogP contribution in [0, 0.1) is 0 Å². The second-order valence-corrected chi connectivity index (χ2v) is 11.2. The summed E-state index contributed by atoms with van der Waals surface area (Å²) in [7, 11) is 0. The minimum atomic E-state index is 0.991. The Labute approximate surface area is 249 Å². The van der Waals surface area contributed by atoms with Gasteiger partial charge in [-0.15, -0.1) is 0 Å². The number of rotatable bonds is 3. The van der Waals surface area contributed by atoms with Gasteiger partial charge in [-0.25, -0.2) is 4.52 Å². The molecule has 200 valence electrons. The molecule has 0 bridgehead atoms. The molecule has 0 aliphatic rings. The van der Waals surface area contributed by atoms with E-state index < -0.39 is 0 Å². The summed E-state index contributed by atoms with van der Waals surface area (Å²) < 4.78 is 2.18. The highest BCUT2D eigenvalue weighted by Gasteiger charge is 2.23. The molecule has 0 saturated carbocycles. The van der Waals surface area contributed by atoms with Crippen molar-refractivity contribution in [3.8, 4) is 33.6 Å². The third-order valence-electron chi connectivity index (χ3n) is 8.75. The fourth-order valence-electron chi connectivity index (χ4n) is 6.76. The molecule has 0 aliphatic heterocycles. The highest BCUT2D eigenvalue weighted by molar-refractivity contribution is 6.17. The van der Waals surface area contributed by atoms with Crippen molar-refractivity contribution in [3.63, 3.8) is 0 Å². The quantitative estimate of drug-likeness (QED) is 0.201. The zero-order valence-electron chi connectivity index (χ0n) is 23.4. The third-order valence-corrected chi connectivity index (χ3v) is 8.75. The van der Waals surface area contributed by atoms with Gasteiger partial charge in [0, 0.05) is 22.1 Å². The number of hydrogen-bond acceptors (Lipinski definition) is 1. The van der Waals surface area contributed by atoms with E-state index in [-0.39, 0.29) is 0 Å². The molecule has 9 rings (SSSR count). The molecule has 43 heavy (non-hydrogen) atoms. The molecule has 2 heteroatoms. The van der Waals surface area contributed by atoms with Gasteiger partial charge in [-0.1, -0.05) is 140 Å². The Morgan fingerprint density at radius 2 is 1.00 bits per heavy atom. The second kappa shape index (κ2) is 9.40. The lowest BCUT2D eigenvalue weighted by atomic mass is 9.91. The summed E-state index contributed by atoms with van der Waals surface area (Å²) >= 11 is 0. The van der Waals surface area contributed by atoms with E-state index in [0.29, 0.717) is 0 Å². The molecule has 2 aromatic heterocycles. The summed E-state index contributed by atoms with van der Waals surface area (Å²) in [5.74, 6) is 0. The molecule has 0 N–H and O–H groups in total. The van der Waals surface area contributed by atoms with Gasteiger partial charge in [0.05, 0.1) is 11.2 Å². The largest absolute Gasteiger partial charge is 0.231 e. The zero-order valence-corrected chi connectivity index (χ0v) is 23.4. The van der Waals surface area contributed by atoms with Crippen LogP contribution >= 0.6 is 0 Å². The maximum absolute atomic E-state index is 5.54. The summed E-state index contributed by atoms with van der Waals surface area (Å²) in [6.07, 6.45) is 0. The Bertz CT molecular complexity index is 2500. The summed E-state index contributed by atoms with van der Waals surface area (Å²) in [5.41, 5.74) is 7.79. The van der Waals surface area contributed by atoms with E-state index in [0.717, 1.165) is 39.2 Å². The van der Waals surface area contributed by atoms with E-state index in [1.807, 2.05) is 0 Å². The summed E-state index contributed by atoms with van der Waals surface area (Å²) in [6, 6.07) is 56.7. The van der Waals surface area contributed by atoms with Gasteiger partial charge < -0.3 is 0 Å². The highest BCUT2D eigenvalue weighted by Crippen LogP contribution is 2.44. The number of nitrogens with zero attached hydrogens (tertiary/aromatic N) is 2. The third kappa shape index (κ3) is 3.70. The lowest BCUT2D eigenvalue weighted by Crippen LogP contribution is -1.95. The normalized spacial score (nSPS) is 11.7. The summed E-state index contributed by atoms with van der Waals surface area (Å²) in [4.78, 5) is 0. The Hall–Kier alpha value is -5.73. The smallest absolute Gasteiger partial charge is 0.102 e. The van der Waals surface area contributed by atoms with Crippen LogP contribution in [0.1, 0.15) is 0 Å². The lowest BCUT2D eigenvalue weighted by molar-refractivity contribution is 0.980. The Kier molecular flexibility index (Phi) is 5.23. The highest BCUT2D eigenvalue weighted by atomic mass is 15.2. The van der Waals surface area contributed by atoms with Crippen LogP contribution in [0.25, 0.3) is 82.2 Å². The van der Waals surface area contributed by atoms with E-state index in [2.05, 4.69) is 162 Å². The van der Waals surface area contributed by atoms with Gasteiger partial charge in [0.1, 0.15) is 5.69 Å². The summed E-state index contributed by atoms with van der Waals surface area (Å²) in [5, 5.41) is 15.3. The molecule has 0 amide bonds. The van der Waals surface area contributed by atoms with Crippen LogP contribution in [0.3, 0.4) is 0 Å². The van der Waals surface area contributed by atoms with Crippen molar-refractivity contribution in [2.75, 3.05) is 0 Å². The Morgan fingerprint density at radius 3 is 1.79 bits per heavy atom. The van der Waals surface area contributed by atoms with Crippen LogP contribution in [0.15, 0.2) is 158 Å². The Balaban J connectivity index is 1.50. The standard InChI is InChI=1S/C41H26N2/c1-2-13-28(14-3-1)38-26-31-17-7-9-19-34(31)41-39(32-23-22-27-12-4-5-15-29(27)24-32)40(42-43(38)41)37-25-30-16-6-8-18-33(30)35-20-10-11-21-36(35)37/h1-26H. The van der Waals surface area contributed by atoms with Crippen molar-refractivity contribution in [1.29, 1.82) is 0 Å². The first-order chi connectivity index (χ1) is 21.3. The average molecular weight is 547 g/mol.